The van der Waals surface area contributed by atoms with E-state index >= 15 is 0 Å². The Morgan fingerprint density at radius 1 is 1.11 bits per heavy atom. The molecule has 140 valence electrons. The second kappa shape index (κ2) is 7.54. The maximum Gasteiger partial charge on any atom is 0.269 e. The quantitative estimate of drug-likeness (QED) is 0.646. The molecule has 2 aromatic carbocycles. The molecule has 8 heteroatoms. The minimum Gasteiger partial charge on any atom is -0.478 e. The Morgan fingerprint density at radius 2 is 1.81 bits per heavy atom. The summed E-state index contributed by atoms with van der Waals surface area (Å²) in [5.74, 6) is 0.0795. The van der Waals surface area contributed by atoms with Gasteiger partial charge >= 0.3 is 0 Å². The van der Waals surface area contributed by atoms with Gasteiger partial charge in [0.1, 0.15) is 5.75 Å². The molecule has 0 atom stereocenters. The Bertz CT molecular complexity index is 999. The van der Waals surface area contributed by atoms with Gasteiger partial charge in [-0.15, -0.1) is 0 Å². The van der Waals surface area contributed by atoms with Crippen molar-refractivity contribution in [1.29, 1.82) is 0 Å². The van der Waals surface area contributed by atoms with Gasteiger partial charge in [0, 0.05) is 17.6 Å². The summed E-state index contributed by atoms with van der Waals surface area (Å²) >= 11 is 7.19. The summed E-state index contributed by atoms with van der Waals surface area (Å²) in [6.45, 7) is 4.81. The molecular weight excluding hydrogens is 386 g/mol. The van der Waals surface area contributed by atoms with Gasteiger partial charge in [-0.3, -0.25) is 14.9 Å². The van der Waals surface area contributed by atoms with Gasteiger partial charge in [0.05, 0.1) is 10.2 Å². The number of benzene rings is 2. The van der Waals surface area contributed by atoms with E-state index < -0.39 is 5.60 Å². The summed E-state index contributed by atoms with van der Waals surface area (Å²) in [6.07, 6.45) is 0. The van der Waals surface area contributed by atoms with Crippen LogP contribution in [0.15, 0.2) is 42.5 Å². The molecule has 2 N–H and O–H groups in total. The van der Waals surface area contributed by atoms with Gasteiger partial charge in [-0.1, -0.05) is 22.9 Å². The number of hydrogen-bond acceptors (Lipinski definition) is 5. The van der Waals surface area contributed by atoms with Crippen molar-refractivity contribution in [2.45, 2.75) is 26.4 Å². The minimum absolute atomic E-state index is 0.145. The lowest BCUT2D eigenvalue weighted by Gasteiger charge is -2.24. The van der Waals surface area contributed by atoms with Crippen molar-refractivity contribution < 1.29 is 14.3 Å². The van der Waals surface area contributed by atoms with E-state index in [4.69, 9.17) is 16.3 Å². The predicted octanol–water partition coefficient (Wildman–Crippen LogP) is 4.70. The van der Waals surface area contributed by atoms with Crippen LogP contribution in [0.25, 0.3) is 10.2 Å². The second-order valence-corrected chi connectivity index (χ2v) is 7.87. The average molecular weight is 404 g/mol. The molecule has 3 aromatic rings. The predicted molar refractivity (Wildman–Crippen MR) is 109 cm³/mol. The lowest BCUT2D eigenvalue weighted by molar-refractivity contribution is -0.128. The van der Waals surface area contributed by atoms with Crippen LogP contribution in [-0.2, 0) is 9.59 Å². The van der Waals surface area contributed by atoms with E-state index in [1.807, 2.05) is 6.07 Å². The number of nitrogens with one attached hydrogen (secondary N) is 2. The third-order valence-electron chi connectivity index (χ3n) is 3.66. The summed E-state index contributed by atoms with van der Waals surface area (Å²) in [5, 5.41) is 6.58. The van der Waals surface area contributed by atoms with Gasteiger partial charge in [-0.2, -0.15) is 0 Å². The van der Waals surface area contributed by atoms with Crippen molar-refractivity contribution in [2.24, 2.45) is 0 Å². The number of ether oxygens (including phenoxy) is 1. The number of thiazole rings is 1. The number of hydrogen-bond donors (Lipinski definition) is 2. The summed E-state index contributed by atoms with van der Waals surface area (Å²) < 4.78 is 6.64. The number of carbonyl (C=O) groups is 2. The Morgan fingerprint density at radius 3 is 2.48 bits per heavy atom. The topological polar surface area (TPSA) is 80.3 Å². The fourth-order valence-corrected chi connectivity index (χ4v) is 3.38. The highest BCUT2D eigenvalue weighted by Gasteiger charge is 2.30. The largest absolute Gasteiger partial charge is 0.478 e. The van der Waals surface area contributed by atoms with E-state index in [9.17, 15) is 9.59 Å². The van der Waals surface area contributed by atoms with Gasteiger partial charge in [0.2, 0.25) is 5.91 Å². The molecule has 0 aliphatic rings. The molecule has 0 aliphatic heterocycles. The van der Waals surface area contributed by atoms with Crippen LogP contribution in [-0.4, -0.2) is 22.4 Å². The smallest absolute Gasteiger partial charge is 0.269 e. The molecule has 1 aromatic heterocycles. The maximum absolute atomic E-state index is 12.6. The van der Waals surface area contributed by atoms with Crippen molar-refractivity contribution in [3.05, 3.63) is 47.5 Å². The van der Waals surface area contributed by atoms with Gasteiger partial charge in [-0.25, -0.2) is 4.98 Å². The summed E-state index contributed by atoms with van der Waals surface area (Å²) in [7, 11) is 0. The monoisotopic (exact) mass is 403 g/mol. The Hall–Kier alpha value is -2.64. The molecule has 27 heavy (non-hydrogen) atoms. The van der Waals surface area contributed by atoms with Gasteiger partial charge < -0.3 is 10.1 Å². The van der Waals surface area contributed by atoms with E-state index in [0.29, 0.717) is 21.6 Å². The third kappa shape index (κ3) is 4.75. The fraction of sp³-hybridized carbons (Fsp3) is 0.211. The van der Waals surface area contributed by atoms with E-state index in [-0.39, 0.29) is 11.8 Å². The molecule has 0 saturated heterocycles. The number of aromatic nitrogens is 1. The van der Waals surface area contributed by atoms with Gasteiger partial charge in [0.15, 0.2) is 10.7 Å². The molecule has 0 unspecified atom stereocenters. The van der Waals surface area contributed by atoms with Crippen molar-refractivity contribution >= 4 is 55.8 Å². The first-order valence-electron chi connectivity index (χ1n) is 8.17. The average Bonchev–Trinajstić information content (AvgIpc) is 2.97. The first-order chi connectivity index (χ1) is 12.7. The number of nitrogens with zero attached hydrogens (tertiary/aromatic N) is 1. The molecule has 0 bridgehead atoms. The normalized spacial score (nSPS) is 11.3. The van der Waals surface area contributed by atoms with Crippen molar-refractivity contribution in [3.63, 3.8) is 0 Å². The van der Waals surface area contributed by atoms with Crippen molar-refractivity contribution in [1.82, 2.24) is 4.98 Å². The molecule has 3 rings (SSSR count). The van der Waals surface area contributed by atoms with Crippen LogP contribution >= 0.6 is 22.9 Å². The molecule has 0 fully saturated rings. The van der Waals surface area contributed by atoms with Crippen LogP contribution in [0.3, 0.4) is 0 Å². The van der Waals surface area contributed by atoms with Gasteiger partial charge in [0.25, 0.3) is 5.91 Å². The van der Waals surface area contributed by atoms with Crippen LogP contribution in [0.2, 0.25) is 5.02 Å². The molecule has 0 saturated carbocycles. The van der Waals surface area contributed by atoms with Crippen LogP contribution in [0.1, 0.15) is 20.8 Å². The third-order valence-corrected chi connectivity index (χ3v) is 4.85. The zero-order valence-electron chi connectivity index (χ0n) is 15.0. The molecule has 6 nitrogen and oxygen atoms in total. The fourth-order valence-electron chi connectivity index (χ4n) is 2.35. The van der Waals surface area contributed by atoms with Crippen molar-refractivity contribution in [2.75, 3.05) is 10.6 Å². The molecular formula is C19H18ClN3O3S. The molecule has 0 radical (unpaired) electrons. The van der Waals surface area contributed by atoms with E-state index in [2.05, 4.69) is 15.6 Å². The van der Waals surface area contributed by atoms with Gasteiger partial charge in [-0.05, 0) is 56.3 Å². The standard InChI is InChI=1S/C19H18ClN3O3S/c1-11(24)21-13-6-9-15-16(10-13)27-18(22-15)23-17(25)19(2,3)26-14-7-4-12(20)5-8-14/h4-10H,1-3H3,(H,21,24)(H,22,23,25). The number of fused-ring (bicyclic) bond motifs is 1. The van der Waals surface area contributed by atoms with Crippen molar-refractivity contribution in [3.8, 4) is 5.75 Å². The van der Waals surface area contributed by atoms with E-state index in [1.165, 1.54) is 18.3 Å². The van der Waals surface area contributed by atoms with Crippen LogP contribution in [0, 0.1) is 0 Å². The number of carbonyl (C=O) groups excluding carboxylic acids is 2. The Balaban J connectivity index is 1.74. The summed E-state index contributed by atoms with van der Waals surface area (Å²) in [6, 6.07) is 12.2. The van der Waals surface area contributed by atoms with E-state index in [1.54, 1.807) is 50.2 Å². The number of amides is 2. The molecule has 1 heterocycles. The lowest BCUT2D eigenvalue weighted by atomic mass is 10.1. The SMILES string of the molecule is CC(=O)Nc1ccc2nc(NC(=O)C(C)(C)Oc3ccc(Cl)cc3)sc2c1. The van der Waals surface area contributed by atoms with Crippen LogP contribution in [0.4, 0.5) is 10.8 Å². The first kappa shape index (κ1) is 19.1. The maximum atomic E-state index is 12.6. The zero-order chi connectivity index (χ0) is 19.6. The second-order valence-electron chi connectivity index (χ2n) is 6.40. The van der Waals surface area contributed by atoms with Crippen LogP contribution in [0.5, 0.6) is 5.75 Å². The highest BCUT2D eigenvalue weighted by atomic mass is 35.5. The molecule has 0 aliphatic carbocycles. The highest BCUT2D eigenvalue weighted by molar-refractivity contribution is 7.22. The zero-order valence-corrected chi connectivity index (χ0v) is 16.6. The number of rotatable bonds is 5. The summed E-state index contributed by atoms with van der Waals surface area (Å²) in [4.78, 5) is 28.2. The minimum atomic E-state index is -1.10. The van der Waals surface area contributed by atoms with Crippen LogP contribution < -0.4 is 15.4 Å². The molecule has 0 spiro atoms. The van der Waals surface area contributed by atoms with E-state index in [0.717, 1.165) is 10.2 Å². The Kier molecular flexibility index (Phi) is 5.34. The highest BCUT2D eigenvalue weighted by Crippen LogP contribution is 2.29. The Labute approximate surface area is 165 Å². The molecule has 2 amide bonds. The number of halogens is 1. The number of anilines is 2. The first-order valence-corrected chi connectivity index (χ1v) is 9.36. The lowest BCUT2D eigenvalue weighted by Crippen LogP contribution is -2.42. The summed E-state index contributed by atoms with van der Waals surface area (Å²) in [5.41, 5.74) is 0.316.